The van der Waals surface area contributed by atoms with Gasteiger partial charge in [0.25, 0.3) is 0 Å². The van der Waals surface area contributed by atoms with E-state index in [1.807, 2.05) is 0 Å². The Kier molecular flexibility index (Phi) is 4.75. The van der Waals surface area contributed by atoms with Gasteiger partial charge in [-0.2, -0.15) is 0 Å². The third-order valence-corrected chi connectivity index (χ3v) is 3.37. The number of amides is 1. The van der Waals surface area contributed by atoms with Crippen molar-refractivity contribution in [3.05, 3.63) is 0 Å². The first-order valence-electron chi connectivity index (χ1n) is 5.17. The molecule has 4 heteroatoms. The molecule has 1 aliphatic rings. The molecule has 1 fully saturated rings. The molecule has 0 spiro atoms. The highest BCUT2D eigenvalue weighted by Crippen LogP contribution is 2.14. The van der Waals surface area contributed by atoms with Gasteiger partial charge in [0, 0.05) is 13.1 Å². The first-order valence-corrected chi connectivity index (χ1v) is 6.22. The van der Waals surface area contributed by atoms with E-state index in [9.17, 15) is 9.90 Å². The number of hydrogen-bond donors (Lipinski definition) is 1. The zero-order valence-corrected chi connectivity index (χ0v) is 9.72. The van der Waals surface area contributed by atoms with Crippen LogP contribution in [0.15, 0.2) is 0 Å². The van der Waals surface area contributed by atoms with Gasteiger partial charge in [-0.05, 0) is 18.1 Å². The highest BCUT2D eigenvalue weighted by Gasteiger charge is 2.21. The highest BCUT2D eigenvalue weighted by atomic mass is 32.2. The summed E-state index contributed by atoms with van der Waals surface area (Å²) in [5.41, 5.74) is 0. The zero-order valence-electron chi connectivity index (χ0n) is 8.90. The Morgan fingerprint density at radius 1 is 1.64 bits per heavy atom. The van der Waals surface area contributed by atoms with Crippen LogP contribution in [0.25, 0.3) is 0 Å². The van der Waals surface area contributed by atoms with Crippen molar-refractivity contribution in [2.45, 2.75) is 38.0 Å². The lowest BCUT2D eigenvalue weighted by atomic mass is 10.1. The first kappa shape index (κ1) is 11.9. The lowest BCUT2D eigenvalue weighted by molar-refractivity contribution is -0.131. The molecule has 0 aliphatic carbocycles. The molecule has 0 aromatic rings. The molecule has 1 aliphatic heterocycles. The van der Waals surface area contributed by atoms with E-state index in [1.54, 1.807) is 16.7 Å². The van der Waals surface area contributed by atoms with E-state index in [1.165, 1.54) is 0 Å². The molecular formula is C10H19NO2S. The normalized spacial score (nSPS) is 22.9. The van der Waals surface area contributed by atoms with Gasteiger partial charge < -0.3 is 10.0 Å². The van der Waals surface area contributed by atoms with Gasteiger partial charge in [0.05, 0.1) is 11.9 Å². The molecule has 1 amide bonds. The van der Waals surface area contributed by atoms with Crippen LogP contribution < -0.4 is 0 Å². The Bertz CT molecular complexity index is 197. The molecule has 0 aromatic heterocycles. The van der Waals surface area contributed by atoms with E-state index in [2.05, 4.69) is 13.8 Å². The van der Waals surface area contributed by atoms with E-state index in [-0.39, 0.29) is 12.0 Å². The molecule has 0 aromatic carbocycles. The van der Waals surface area contributed by atoms with Crippen LogP contribution in [0.3, 0.4) is 0 Å². The van der Waals surface area contributed by atoms with Crippen LogP contribution in [0.2, 0.25) is 0 Å². The molecule has 1 N–H and O–H groups in total. The molecule has 14 heavy (non-hydrogen) atoms. The number of β-amino-alcohol motifs (C(OH)–C–C–N with tert-alkyl or cyclic N) is 1. The number of carbonyl (C=O) groups excluding carboxylic acids is 1. The second kappa shape index (κ2) is 5.61. The number of aliphatic hydroxyl groups is 1. The summed E-state index contributed by atoms with van der Waals surface area (Å²) >= 11 is 1.66. The topological polar surface area (TPSA) is 40.5 Å². The van der Waals surface area contributed by atoms with E-state index in [0.29, 0.717) is 17.5 Å². The van der Waals surface area contributed by atoms with Crippen LogP contribution in [0.4, 0.5) is 0 Å². The Hall–Kier alpha value is -0.220. The van der Waals surface area contributed by atoms with Crippen LogP contribution in [-0.4, -0.2) is 46.1 Å². The van der Waals surface area contributed by atoms with E-state index >= 15 is 0 Å². The highest BCUT2D eigenvalue weighted by molar-refractivity contribution is 8.00. The summed E-state index contributed by atoms with van der Waals surface area (Å²) < 4.78 is 0. The zero-order chi connectivity index (χ0) is 10.6. The van der Waals surface area contributed by atoms with Crippen molar-refractivity contribution < 1.29 is 9.90 Å². The minimum absolute atomic E-state index is 0.169. The molecule has 0 bridgehead atoms. The van der Waals surface area contributed by atoms with Crippen molar-refractivity contribution in [3.8, 4) is 0 Å². The smallest absolute Gasteiger partial charge is 0.232 e. The fourth-order valence-corrected chi connectivity index (χ4v) is 2.17. The number of likely N-dealkylation sites (tertiary alicyclic amines) is 1. The van der Waals surface area contributed by atoms with Crippen molar-refractivity contribution in [1.29, 1.82) is 0 Å². The van der Waals surface area contributed by atoms with Gasteiger partial charge in [-0.25, -0.2) is 0 Å². The largest absolute Gasteiger partial charge is 0.391 e. The van der Waals surface area contributed by atoms with Gasteiger partial charge >= 0.3 is 0 Å². The quantitative estimate of drug-likeness (QED) is 0.770. The molecular weight excluding hydrogens is 198 g/mol. The van der Waals surface area contributed by atoms with Crippen LogP contribution >= 0.6 is 11.8 Å². The molecule has 1 atom stereocenters. The Labute approximate surface area is 89.9 Å². The molecule has 3 nitrogen and oxygen atoms in total. The summed E-state index contributed by atoms with van der Waals surface area (Å²) in [4.78, 5) is 13.4. The standard InChI is InChI=1S/C10H19NO2S/c1-8(2)14-7-10(13)11-5-3-4-9(12)6-11/h8-9,12H,3-7H2,1-2H3. The minimum atomic E-state index is -0.309. The monoisotopic (exact) mass is 217 g/mol. The lowest BCUT2D eigenvalue weighted by Crippen LogP contribution is -2.43. The summed E-state index contributed by atoms with van der Waals surface area (Å²) in [6, 6.07) is 0. The number of hydrogen-bond acceptors (Lipinski definition) is 3. The molecule has 1 heterocycles. The maximum atomic E-state index is 11.6. The Morgan fingerprint density at radius 3 is 2.93 bits per heavy atom. The van der Waals surface area contributed by atoms with Crippen molar-refractivity contribution >= 4 is 17.7 Å². The number of nitrogens with zero attached hydrogens (tertiary/aromatic N) is 1. The van der Waals surface area contributed by atoms with Gasteiger partial charge in [-0.15, -0.1) is 11.8 Å². The average Bonchev–Trinajstić information content (AvgIpc) is 2.14. The molecule has 82 valence electrons. The lowest BCUT2D eigenvalue weighted by Gasteiger charge is -2.30. The van der Waals surface area contributed by atoms with Crippen LogP contribution in [-0.2, 0) is 4.79 Å². The first-order chi connectivity index (χ1) is 6.59. The summed E-state index contributed by atoms with van der Waals surface area (Å²) in [6.07, 6.45) is 1.46. The number of piperidine rings is 1. The maximum Gasteiger partial charge on any atom is 0.232 e. The van der Waals surface area contributed by atoms with Crippen molar-refractivity contribution in [3.63, 3.8) is 0 Å². The van der Waals surface area contributed by atoms with Gasteiger partial charge in [0.2, 0.25) is 5.91 Å². The second-order valence-corrected chi connectivity index (χ2v) is 5.56. The van der Waals surface area contributed by atoms with Crippen molar-refractivity contribution in [1.82, 2.24) is 4.90 Å². The minimum Gasteiger partial charge on any atom is -0.391 e. The van der Waals surface area contributed by atoms with Crippen molar-refractivity contribution in [2.75, 3.05) is 18.8 Å². The fourth-order valence-electron chi connectivity index (χ4n) is 1.51. The van der Waals surface area contributed by atoms with E-state index in [4.69, 9.17) is 0 Å². The van der Waals surface area contributed by atoms with E-state index in [0.717, 1.165) is 19.4 Å². The van der Waals surface area contributed by atoms with E-state index < -0.39 is 0 Å². The molecule has 0 saturated carbocycles. The third-order valence-electron chi connectivity index (χ3n) is 2.29. The fraction of sp³-hybridized carbons (Fsp3) is 0.900. The summed E-state index contributed by atoms with van der Waals surface area (Å²) in [6.45, 7) is 5.51. The number of carbonyl (C=O) groups is 1. The predicted molar refractivity (Wildman–Crippen MR) is 59.4 cm³/mol. The average molecular weight is 217 g/mol. The Morgan fingerprint density at radius 2 is 2.36 bits per heavy atom. The van der Waals surface area contributed by atoms with Gasteiger partial charge in [0.1, 0.15) is 0 Å². The van der Waals surface area contributed by atoms with Gasteiger partial charge in [-0.1, -0.05) is 13.8 Å². The summed E-state index contributed by atoms with van der Waals surface area (Å²) in [7, 11) is 0. The summed E-state index contributed by atoms with van der Waals surface area (Å²) in [5.74, 6) is 0.715. The Balaban J connectivity index is 2.29. The van der Waals surface area contributed by atoms with Gasteiger partial charge in [0.15, 0.2) is 0 Å². The maximum absolute atomic E-state index is 11.6. The SMILES string of the molecule is CC(C)SCC(=O)N1CCCC(O)C1. The summed E-state index contributed by atoms with van der Waals surface area (Å²) in [5, 5.41) is 9.90. The molecule has 1 saturated heterocycles. The third kappa shape index (κ3) is 3.88. The van der Waals surface area contributed by atoms with Gasteiger partial charge in [-0.3, -0.25) is 4.79 Å². The number of aliphatic hydroxyl groups excluding tert-OH is 1. The van der Waals surface area contributed by atoms with Crippen LogP contribution in [0.1, 0.15) is 26.7 Å². The predicted octanol–water partition coefficient (Wildman–Crippen LogP) is 1.11. The second-order valence-electron chi connectivity index (χ2n) is 4.00. The molecule has 1 rings (SSSR count). The van der Waals surface area contributed by atoms with Crippen LogP contribution in [0, 0.1) is 0 Å². The number of thioether (sulfide) groups is 1. The van der Waals surface area contributed by atoms with Crippen LogP contribution in [0.5, 0.6) is 0 Å². The molecule has 0 radical (unpaired) electrons. The van der Waals surface area contributed by atoms with Crippen molar-refractivity contribution in [2.24, 2.45) is 0 Å². The molecule has 1 unspecified atom stereocenters. The number of rotatable bonds is 3.